The number of hydrogen-bond donors (Lipinski definition) is 1. The fraction of sp³-hybridized carbons (Fsp3) is 0.533. The molecule has 0 radical (unpaired) electrons. The molecule has 0 aromatic heterocycles. The third-order valence-corrected chi connectivity index (χ3v) is 3.68. The maximum Gasteiger partial charge on any atom is 0.141 e. The molecule has 98 valence electrons. The first kappa shape index (κ1) is 13.2. The van der Waals surface area contributed by atoms with Crippen LogP contribution in [0, 0.1) is 5.82 Å². The highest BCUT2D eigenvalue weighted by Crippen LogP contribution is 2.27. The lowest BCUT2D eigenvalue weighted by Crippen LogP contribution is -2.41. The van der Waals surface area contributed by atoms with E-state index in [0.717, 1.165) is 24.9 Å². The second kappa shape index (κ2) is 6.10. The van der Waals surface area contributed by atoms with Crippen molar-refractivity contribution < 1.29 is 9.18 Å². The molecule has 0 saturated carbocycles. The van der Waals surface area contributed by atoms with E-state index < -0.39 is 0 Å². The van der Waals surface area contributed by atoms with E-state index >= 15 is 0 Å². The normalized spacial score (nSPS) is 21.6. The van der Waals surface area contributed by atoms with Crippen molar-refractivity contribution in [1.29, 1.82) is 0 Å². The lowest BCUT2D eigenvalue weighted by atomic mass is 9.83. The number of hydrogen-bond acceptors (Lipinski definition) is 2. The van der Waals surface area contributed by atoms with E-state index in [-0.39, 0.29) is 23.6 Å². The molecule has 1 N–H and O–H groups in total. The average Bonchev–Trinajstić information content (AvgIpc) is 2.42. The molecule has 2 nitrogen and oxygen atoms in total. The van der Waals surface area contributed by atoms with E-state index in [0.29, 0.717) is 6.42 Å². The largest absolute Gasteiger partial charge is 0.313 e. The van der Waals surface area contributed by atoms with E-state index in [1.807, 2.05) is 6.92 Å². The molecular weight excluding hydrogens is 229 g/mol. The number of piperidine rings is 1. The molecule has 0 spiro atoms. The van der Waals surface area contributed by atoms with Gasteiger partial charge in [0.05, 0.1) is 5.92 Å². The van der Waals surface area contributed by atoms with Crippen LogP contribution in [-0.4, -0.2) is 18.4 Å². The van der Waals surface area contributed by atoms with Crippen molar-refractivity contribution in [3.8, 4) is 0 Å². The maximum atomic E-state index is 13.0. The zero-order valence-corrected chi connectivity index (χ0v) is 10.8. The van der Waals surface area contributed by atoms with Gasteiger partial charge in [0.25, 0.3) is 0 Å². The number of rotatable bonds is 4. The quantitative estimate of drug-likeness (QED) is 0.888. The van der Waals surface area contributed by atoms with Crippen molar-refractivity contribution in [2.45, 2.75) is 44.6 Å². The zero-order valence-electron chi connectivity index (χ0n) is 10.8. The van der Waals surface area contributed by atoms with Crippen LogP contribution in [0.15, 0.2) is 24.3 Å². The van der Waals surface area contributed by atoms with Gasteiger partial charge in [-0.2, -0.15) is 0 Å². The molecule has 18 heavy (non-hydrogen) atoms. The maximum absolute atomic E-state index is 13.0. The standard InChI is InChI=1S/C15H20FNO/c1-2-14(18)15(13-5-3-4-10-17-13)11-6-8-12(16)9-7-11/h6-9,13,15,17H,2-5,10H2,1H3. The third kappa shape index (κ3) is 2.96. The summed E-state index contributed by atoms with van der Waals surface area (Å²) < 4.78 is 13.0. The predicted octanol–water partition coefficient (Wildman–Crippen LogP) is 3.03. The van der Waals surface area contributed by atoms with Crippen LogP contribution in [0.2, 0.25) is 0 Å². The van der Waals surface area contributed by atoms with Crippen LogP contribution in [0.25, 0.3) is 0 Å². The van der Waals surface area contributed by atoms with Crippen LogP contribution in [0.5, 0.6) is 0 Å². The van der Waals surface area contributed by atoms with Crippen molar-refractivity contribution in [2.24, 2.45) is 0 Å². The Morgan fingerprint density at radius 2 is 2.11 bits per heavy atom. The number of halogens is 1. The number of nitrogens with one attached hydrogen (secondary N) is 1. The molecule has 0 bridgehead atoms. The summed E-state index contributed by atoms with van der Waals surface area (Å²) in [6.07, 6.45) is 3.88. The van der Waals surface area contributed by atoms with Crippen molar-refractivity contribution in [3.63, 3.8) is 0 Å². The van der Waals surface area contributed by atoms with Crippen molar-refractivity contribution in [1.82, 2.24) is 5.32 Å². The highest BCUT2D eigenvalue weighted by molar-refractivity contribution is 5.86. The number of carbonyl (C=O) groups is 1. The molecule has 2 atom stereocenters. The Kier molecular flexibility index (Phi) is 4.48. The smallest absolute Gasteiger partial charge is 0.141 e. The van der Waals surface area contributed by atoms with Gasteiger partial charge in [0.1, 0.15) is 11.6 Å². The Balaban J connectivity index is 2.23. The van der Waals surface area contributed by atoms with Gasteiger partial charge in [-0.1, -0.05) is 25.5 Å². The second-order valence-electron chi connectivity index (χ2n) is 4.91. The summed E-state index contributed by atoms with van der Waals surface area (Å²) in [6, 6.07) is 6.56. The fourth-order valence-corrected chi connectivity index (χ4v) is 2.70. The highest BCUT2D eigenvalue weighted by atomic mass is 19.1. The van der Waals surface area contributed by atoms with E-state index in [1.54, 1.807) is 12.1 Å². The minimum atomic E-state index is -0.252. The molecule has 0 aliphatic carbocycles. The van der Waals surface area contributed by atoms with Gasteiger partial charge in [0.2, 0.25) is 0 Å². The molecule has 1 aliphatic heterocycles. The highest BCUT2D eigenvalue weighted by Gasteiger charge is 2.29. The molecule has 1 aromatic carbocycles. The summed E-state index contributed by atoms with van der Waals surface area (Å²) in [6.45, 7) is 2.86. The summed E-state index contributed by atoms with van der Waals surface area (Å²) in [5.74, 6) is -0.144. The van der Waals surface area contributed by atoms with Gasteiger partial charge in [-0.15, -0.1) is 0 Å². The summed E-state index contributed by atoms with van der Waals surface area (Å²) >= 11 is 0. The Hall–Kier alpha value is -1.22. The van der Waals surface area contributed by atoms with Crippen LogP contribution in [0.4, 0.5) is 4.39 Å². The van der Waals surface area contributed by atoms with E-state index in [1.165, 1.54) is 18.6 Å². The summed E-state index contributed by atoms with van der Waals surface area (Å²) in [7, 11) is 0. The lowest BCUT2D eigenvalue weighted by molar-refractivity contribution is -0.121. The second-order valence-corrected chi connectivity index (χ2v) is 4.91. The van der Waals surface area contributed by atoms with Crippen LogP contribution in [0.1, 0.15) is 44.1 Å². The van der Waals surface area contributed by atoms with Gasteiger partial charge in [-0.05, 0) is 37.1 Å². The lowest BCUT2D eigenvalue weighted by Gasteiger charge is -2.30. The summed E-state index contributed by atoms with van der Waals surface area (Å²) in [5, 5.41) is 3.43. The average molecular weight is 249 g/mol. The molecule has 1 aromatic rings. The number of ketones is 1. The summed E-state index contributed by atoms with van der Waals surface area (Å²) in [5.41, 5.74) is 0.933. The van der Waals surface area contributed by atoms with E-state index in [9.17, 15) is 9.18 Å². The molecule has 1 heterocycles. The van der Waals surface area contributed by atoms with Gasteiger partial charge in [-0.3, -0.25) is 4.79 Å². The Morgan fingerprint density at radius 1 is 1.39 bits per heavy atom. The first-order chi connectivity index (χ1) is 8.72. The molecular formula is C15H20FNO. The van der Waals surface area contributed by atoms with Crippen LogP contribution in [-0.2, 0) is 4.79 Å². The summed E-state index contributed by atoms with van der Waals surface area (Å²) in [4.78, 5) is 12.2. The number of carbonyl (C=O) groups excluding carboxylic acids is 1. The van der Waals surface area contributed by atoms with E-state index in [4.69, 9.17) is 0 Å². The van der Waals surface area contributed by atoms with Crippen LogP contribution < -0.4 is 5.32 Å². The molecule has 2 rings (SSSR count). The topological polar surface area (TPSA) is 29.1 Å². The van der Waals surface area contributed by atoms with Crippen LogP contribution >= 0.6 is 0 Å². The number of Topliss-reactive ketones (excluding diaryl/α,β-unsaturated/α-hetero) is 1. The van der Waals surface area contributed by atoms with Gasteiger partial charge in [-0.25, -0.2) is 4.39 Å². The minimum Gasteiger partial charge on any atom is -0.313 e. The Labute approximate surface area is 108 Å². The molecule has 3 heteroatoms. The van der Waals surface area contributed by atoms with Crippen molar-refractivity contribution in [3.05, 3.63) is 35.6 Å². The van der Waals surface area contributed by atoms with Gasteiger partial charge in [0, 0.05) is 12.5 Å². The SMILES string of the molecule is CCC(=O)C(c1ccc(F)cc1)C1CCCCN1. The Bertz CT molecular complexity index is 395. The van der Waals surface area contributed by atoms with Crippen molar-refractivity contribution in [2.75, 3.05) is 6.54 Å². The molecule has 1 aliphatic rings. The van der Waals surface area contributed by atoms with Crippen LogP contribution in [0.3, 0.4) is 0 Å². The fourth-order valence-electron chi connectivity index (χ4n) is 2.70. The third-order valence-electron chi connectivity index (χ3n) is 3.68. The van der Waals surface area contributed by atoms with Gasteiger partial charge >= 0.3 is 0 Å². The van der Waals surface area contributed by atoms with Gasteiger partial charge in [0.15, 0.2) is 0 Å². The van der Waals surface area contributed by atoms with Crippen molar-refractivity contribution >= 4 is 5.78 Å². The molecule has 1 fully saturated rings. The van der Waals surface area contributed by atoms with Gasteiger partial charge < -0.3 is 5.32 Å². The van der Waals surface area contributed by atoms with E-state index in [2.05, 4.69) is 5.32 Å². The predicted molar refractivity (Wildman–Crippen MR) is 70.1 cm³/mol. The number of benzene rings is 1. The monoisotopic (exact) mass is 249 g/mol. The molecule has 1 saturated heterocycles. The first-order valence-corrected chi connectivity index (χ1v) is 6.74. The minimum absolute atomic E-state index is 0.129. The molecule has 2 unspecified atom stereocenters. The molecule has 0 amide bonds. The zero-order chi connectivity index (χ0) is 13.0. The first-order valence-electron chi connectivity index (χ1n) is 6.74. The Morgan fingerprint density at radius 3 is 2.67 bits per heavy atom.